The highest BCUT2D eigenvalue weighted by Crippen LogP contribution is 2.52. The van der Waals surface area contributed by atoms with E-state index in [-0.39, 0.29) is 16.5 Å². The van der Waals surface area contributed by atoms with E-state index in [1.807, 2.05) is 0 Å². The standard InChI is InChI=1S/C36H54N2/c1-9-34(7)24-26(5)30-22-28(16-18-32(30)37(34)11-3)36(20-14-13-15-21-36)29-17-19-33-31(23-29)27(6)25-35(8,10-2)38(33)12-4/h16-19,22-23,26-27H,9-15,20-21,24-25H2,1-8H3. The predicted octanol–water partition coefficient (Wildman–Crippen LogP) is 9.94. The van der Waals surface area contributed by atoms with Gasteiger partial charge in [0.1, 0.15) is 0 Å². The Morgan fingerprint density at radius 1 is 0.658 bits per heavy atom. The van der Waals surface area contributed by atoms with E-state index in [1.165, 1.54) is 69.2 Å². The van der Waals surface area contributed by atoms with Gasteiger partial charge in [0.25, 0.3) is 0 Å². The van der Waals surface area contributed by atoms with Gasteiger partial charge in [-0.25, -0.2) is 0 Å². The second kappa shape index (κ2) is 10.2. The molecule has 0 bridgehead atoms. The Balaban J connectivity index is 1.62. The number of anilines is 2. The maximum absolute atomic E-state index is 2.70. The molecule has 2 aromatic carbocycles. The SMILES string of the molecule is CCN1c2ccc(C3(c4ccc5c(c4)C(C)CC(C)(CC)N5CC)CCCCC3)cc2C(C)CC1(C)CC. The van der Waals surface area contributed by atoms with Gasteiger partial charge in [-0.05, 0) is 112 Å². The zero-order chi connectivity index (χ0) is 27.3. The molecule has 1 aliphatic carbocycles. The van der Waals surface area contributed by atoms with Crippen LogP contribution >= 0.6 is 0 Å². The van der Waals surface area contributed by atoms with Crippen molar-refractivity contribution in [3.8, 4) is 0 Å². The number of hydrogen-bond acceptors (Lipinski definition) is 2. The minimum Gasteiger partial charge on any atom is -0.366 e. The fraction of sp³-hybridized carbons (Fsp3) is 0.667. The molecular weight excluding hydrogens is 460 g/mol. The van der Waals surface area contributed by atoms with Crippen LogP contribution in [-0.2, 0) is 5.41 Å². The van der Waals surface area contributed by atoms with Crippen molar-refractivity contribution in [1.29, 1.82) is 0 Å². The lowest BCUT2D eigenvalue weighted by Gasteiger charge is -2.50. The molecule has 0 radical (unpaired) electrons. The number of benzene rings is 2. The van der Waals surface area contributed by atoms with E-state index in [1.54, 1.807) is 22.3 Å². The van der Waals surface area contributed by atoms with Gasteiger partial charge in [0.15, 0.2) is 0 Å². The Kier molecular flexibility index (Phi) is 7.42. The molecule has 0 aromatic heterocycles. The van der Waals surface area contributed by atoms with Crippen LogP contribution in [-0.4, -0.2) is 24.2 Å². The molecule has 5 rings (SSSR count). The summed E-state index contributed by atoms with van der Waals surface area (Å²) >= 11 is 0. The van der Waals surface area contributed by atoms with Gasteiger partial charge in [-0.3, -0.25) is 0 Å². The highest BCUT2D eigenvalue weighted by Gasteiger charge is 2.42. The van der Waals surface area contributed by atoms with Gasteiger partial charge < -0.3 is 9.80 Å². The van der Waals surface area contributed by atoms with E-state index >= 15 is 0 Å². The molecule has 2 aromatic rings. The highest BCUT2D eigenvalue weighted by molar-refractivity contribution is 5.64. The molecule has 38 heavy (non-hydrogen) atoms. The Hall–Kier alpha value is -1.96. The van der Waals surface area contributed by atoms with Gasteiger partial charge in [-0.1, -0.05) is 71.2 Å². The van der Waals surface area contributed by atoms with Gasteiger partial charge in [0, 0.05) is 41.0 Å². The summed E-state index contributed by atoms with van der Waals surface area (Å²) in [4.78, 5) is 5.40. The Morgan fingerprint density at radius 3 is 1.45 bits per heavy atom. The van der Waals surface area contributed by atoms with Gasteiger partial charge in [0.05, 0.1) is 0 Å². The summed E-state index contributed by atoms with van der Waals surface area (Å²) < 4.78 is 0. The molecule has 2 heteroatoms. The largest absolute Gasteiger partial charge is 0.366 e. The first kappa shape index (κ1) is 27.6. The van der Waals surface area contributed by atoms with Crippen LogP contribution < -0.4 is 9.80 Å². The van der Waals surface area contributed by atoms with Crippen molar-refractivity contribution < 1.29 is 0 Å². The van der Waals surface area contributed by atoms with Crippen molar-refractivity contribution in [3.63, 3.8) is 0 Å². The van der Waals surface area contributed by atoms with Crippen molar-refractivity contribution in [1.82, 2.24) is 0 Å². The lowest BCUT2D eigenvalue weighted by Crippen LogP contribution is -2.50. The normalized spacial score (nSPS) is 30.6. The minimum absolute atomic E-state index is 0.146. The van der Waals surface area contributed by atoms with Crippen LogP contribution in [0.3, 0.4) is 0 Å². The number of hydrogen-bond donors (Lipinski definition) is 0. The maximum atomic E-state index is 2.70. The van der Waals surface area contributed by atoms with Gasteiger partial charge in [-0.2, -0.15) is 0 Å². The van der Waals surface area contributed by atoms with Crippen LogP contribution in [0.2, 0.25) is 0 Å². The summed E-state index contributed by atoms with van der Waals surface area (Å²) in [5, 5.41) is 0. The number of rotatable bonds is 6. The zero-order valence-electron chi connectivity index (χ0n) is 25.8. The summed E-state index contributed by atoms with van der Waals surface area (Å²) in [5.41, 5.74) is 9.97. The third-order valence-corrected chi connectivity index (χ3v) is 11.5. The third-order valence-electron chi connectivity index (χ3n) is 11.5. The molecule has 0 spiro atoms. The molecule has 208 valence electrons. The van der Waals surface area contributed by atoms with E-state index in [0.29, 0.717) is 11.8 Å². The number of fused-ring (bicyclic) bond motifs is 2. The monoisotopic (exact) mass is 514 g/mol. The lowest BCUT2D eigenvalue weighted by molar-refractivity contribution is 0.332. The molecule has 1 fully saturated rings. The van der Waals surface area contributed by atoms with Crippen LogP contribution in [0, 0.1) is 0 Å². The predicted molar refractivity (Wildman–Crippen MR) is 166 cm³/mol. The zero-order valence-corrected chi connectivity index (χ0v) is 25.8. The molecule has 0 amide bonds. The first-order valence-corrected chi connectivity index (χ1v) is 16.0. The molecule has 0 N–H and O–H groups in total. The van der Waals surface area contributed by atoms with E-state index in [2.05, 4.69) is 102 Å². The van der Waals surface area contributed by atoms with Crippen LogP contribution in [0.15, 0.2) is 36.4 Å². The van der Waals surface area contributed by atoms with E-state index in [9.17, 15) is 0 Å². The summed E-state index contributed by atoms with van der Waals surface area (Å²) in [6, 6.07) is 15.4. The topological polar surface area (TPSA) is 6.48 Å². The fourth-order valence-electron chi connectivity index (χ4n) is 9.00. The van der Waals surface area contributed by atoms with E-state index < -0.39 is 0 Å². The molecule has 2 nitrogen and oxygen atoms in total. The molecule has 2 heterocycles. The second-order valence-electron chi connectivity index (χ2n) is 13.6. The summed E-state index contributed by atoms with van der Waals surface area (Å²) in [7, 11) is 0. The van der Waals surface area contributed by atoms with Crippen molar-refractivity contribution >= 4 is 11.4 Å². The van der Waals surface area contributed by atoms with Crippen molar-refractivity contribution in [2.75, 3.05) is 22.9 Å². The van der Waals surface area contributed by atoms with Crippen molar-refractivity contribution in [3.05, 3.63) is 58.7 Å². The Morgan fingerprint density at radius 2 is 1.08 bits per heavy atom. The molecule has 4 atom stereocenters. The Labute approximate surface area is 234 Å². The van der Waals surface area contributed by atoms with Crippen molar-refractivity contribution in [2.24, 2.45) is 0 Å². The smallest absolute Gasteiger partial charge is 0.0406 e. The van der Waals surface area contributed by atoms with Crippen LogP contribution in [0.25, 0.3) is 0 Å². The highest BCUT2D eigenvalue weighted by atomic mass is 15.2. The first-order chi connectivity index (χ1) is 18.2. The second-order valence-corrected chi connectivity index (χ2v) is 13.6. The fourth-order valence-corrected chi connectivity index (χ4v) is 9.00. The lowest BCUT2D eigenvalue weighted by atomic mass is 9.63. The van der Waals surface area contributed by atoms with Gasteiger partial charge in [0.2, 0.25) is 0 Å². The average Bonchev–Trinajstić information content (AvgIpc) is 2.93. The molecular formula is C36H54N2. The molecule has 2 aliphatic heterocycles. The van der Waals surface area contributed by atoms with Crippen LogP contribution in [0.5, 0.6) is 0 Å². The molecule has 4 unspecified atom stereocenters. The molecule has 1 saturated carbocycles. The third kappa shape index (κ3) is 4.20. The Bertz CT molecular complexity index is 1060. The van der Waals surface area contributed by atoms with Gasteiger partial charge >= 0.3 is 0 Å². The summed E-state index contributed by atoms with van der Waals surface area (Å²) in [6.07, 6.45) is 11.5. The summed E-state index contributed by atoms with van der Waals surface area (Å²) in [5.74, 6) is 1.21. The first-order valence-electron chi connectivity index (χ1n) is 16.0. The van der Waals surface area contributed by atoms with Crippen LogP contribution in [0.1, 0.15) is 147 Å². The molecule has 3 aliphatic rings. The van der Waals surface area contributed by atoms with Crippen LogP contribution in [0.4, 0.5) is 11.4 Å². The average molecular weight is 515 g/mol. The van der Waals surface area contributed by atoms with Gasteiger partial charge in [-0.15, -0.1) is 0 Å². The number of nitrogens with zero attached hydrogens (tertiary/aromatic N) is 2. The quantitative estimate of drug-likeness (QED) is 0.378. The molecule has 0 saturated heterocycles. The van der Waals surface area contributed by atoms with E-state index in [4.69, 9.17) is 0 Å². The van der Waals surface area contributed by atoms with E-state index in [0.717, 1.165) is 13.1 Å². The summed E-state index contributed by atoms with van der Waals surface area (Å²) in [6.45, 7) is 21.5. The van der Waals surface area contributed by atoms with Crippen molar-refractivity contribution in [2.45, 2.75) is 142 Å². The maximum Gasteiger partial charge on any atom is 0.0406 e. The minimum atomic E-state index is 0.146.